The monoisotopic (exact) mass is 489 g/mol. The van der Waals surface area contributed by atoms with Gasteiger partial charge in [-0.25, -0.2) is 0 Å². The molecule has 1 aromatic carbocycles. The van der Waals surface area contributed by atoms with E-state index in [0.717, 1.165) is 54.3 Å². The summed E-state index contributed by atoms with van der Waals surface area (Å²) in [5.41, 5.74) is 3.70. The van der Waals surface area contributed by atoms with Gasteiger partial charge in [-0.15, -0.1) is 10.2 Å². The fraction of sp³-hybridized carbons (Fsp3) is 0.333. The van der Waals surface area contributed by atoms with Gasteiger partial charge in [0.2, 0.25) is 0 Å². The Morgan fingerprint density at radius 2 is 1.83 bits per heavy atom. The number of nitrogens with one attached hydrogen (secondary N) is 1. The lowest BCUT2D eigenvalue weighted by molar-refractivity contribution is -0.146. The molecule has 1 aliphatic rings. The number of hydrogen-bond acceptors (Lipinski definition) is 7. The number of pyridine rings is 1. The molecule has 3 heterocycles. The first kappa shape index (κ1) is 25.9. The maximum atomic E-state index is 11.7. The minimum Gasteiger partial charge on any atom is -0.475 e. The Morgan fingerprint density at radius 1 is 1.11 bits per heavy atom. The van der Waals surface area contributed by atoms with Crippen LogP contribution in [-0.4, -0.2) is 60.3 Å². The van der Waals surface area contributed by atoms with E-state index in [0.29, 0.717) is 12.5 Å². The van der Waals surface area contributed by atoms with Crippen molar-refractivity contribution in [1.82, 2.24) is 20.5 Å². The number of rotatable bonds is 5. The summed E-state index contributed by atoms with van der Waals surface area (Å²) in [6, 6.07) is 13.2. The average molecular weight is 489 g/mol. The SMILES string of the molecule is CCOc1nnc(-c2cccnc2C)cc1N1CCOCC1.O=C(NC(F)(F)F)c1ccccc1. The van der Waals surface area contributed by atoms with Crippen molar-refractivity contribution in [3.8, 4) is 17.1 Å². The highest BCUT2D eigenvalue weighted by Gasteiger charge is 2.30. The highest BCUT2D eigenvalue weighted by molar-refractivity contribution is 5.94. The normalized spacial score (nSPS) is 13.5. The molecule has 1 fully saturated rings. The van der Waals surface area contributed by atoms with Crippen molar-refractivity contribution < 1.29 is 27.4 Å². The molecule has 0 saturated carbocycles. The zero-order chi connectivity index (χ0) is 25.3. The van der Waals surface area contributed by atoms with Gasteiger partial charge in [0, 0.05) is 36.1 Å². The Labute approximate surface area is 201 Å². The van der Waals surface area contributed by atoms with Crippen molar-refractivity contribution in [2.24, 2.45) is 0 Å². The molecule has 35 heavy (non-hydrogen) atoms. The van der Waals surface area contributed by atoms with Crippen LogP contribution < -0.4 is 15.0 Å². The number of ether oxygens (including phenoxy) is 2. The van der Waals surface area contributed by atoms with Crippen LogP contribution in [0.2, 0.25) is 0 Å². The van der Waals surface area contributed by atoms with Gasteiger partial charge in [-0.3, -0.25) is 15.1 Å². The van der Waals surface area contributed by atoms with Crippen LogP contribution in [0.25, 0.3) is 11.3 Å². The highest BCUT2D eigenvalue weighted by Crippen LogP contribution is 2.31. The quantitative estimate of drug-likeness (QED) is 0.542. The molecular formula is C24H26F3N5O3. The summed E-state index contributed by atoms with van der Waals surface area (Å²) in [6.45, 7) is 7.59. The number of morpholine rings is 1. The molecule has 8 nitrogen and oxygen atoms in total. The summed E-state index contributed by atoms with van der Waals surface area (Å²) in [7, 11) is 0. The molecule has 0 bridgehead atoms. The van der Waals surface area contributed by atoms with E-state index in [2.05, 4.69) is 20.1 Å². The van der Waals surface area contributed by atoms with Gasteiger partial charge >= 0.3 is 6.30 Å². The number of aryl methyl sites for hydroxylation is 1. The maximum Gasteiger partial charge on any atom is 0.484 e. The molecule has 0 unspecified atom stereocenters. The number of benzene rings is 1. The Hall–Kier alpha value is -3.73. The van der Waals surface area contributed by atoms with Gasteiger partial charge in [-0.2, -0.15) is 13.2 Å². The molecule has 2 aromatic heterocycles. The molecule has 186 valence electrons. The predicted octanol–water partition coefficient (Wildman–Crippen LogP) is 4.02. The van der Waals surface area contributed by atoms with Crippen LogP contribution in [0.1, 0.15) is 23.0 Å². The van der Waals surface area contributed by atoms with Crippen molar-refractivity contribution in [2.45, 2.75) is 20.1 Å². The van der Waals surface area contributed by atoms with Crippen LogP contribution in [-0.2, 0) is 4.74 Å². The second kappa shape index (κ2) is 12.1. The summed E-state index contributed by atoms with van der Waals surface area (Å²) in [4.78, 5) is 17.4. The van der Waals surface area contributed by atoms with E-state index in [9.17, 15) is 18.0 Å². The zero-order valence-electron chi connectivity index (χ0n) is 19.4. The van der Waals surface area contributed by atoms with Crippen molar-refractivity contribution in [3.63, 3.8) is 0 Å². The van der Waals surface area contributed by atoms with E-state index < -0.39 is 12.2 Å². The summed E-state index contributed by atoms with van der Waals surface area (Å²) in [6.07, 6.45) is -2.89. The number of hydrogen-bond donors (Lipinski definition) is 1. The van der Waals surface area contributed by atoms with Gasteiger partial charge in [0.25, 0.3) is 11.8 Å². The Morgan fingerprint density at radius 3 is 2.46 bits per heavy atom. The Bertz CT molecular complexity index is 1110. The van der Waals surface area contributed by atoms with Crippen molar-refractivity contribution in [3.05, 3.63) is 66.0 Å². The van der Waals surface area contributed by atoms with Crippen LogP contribution >= 0.6 is 0 Å². The van der Waals surface area contributed by atoms with Crippen LogP contribution in [0, 0.1) is 6.92 Å². The third-order valence-electron chi connectivity index (χ3n) is 4.95. The number of nitrogens with zero attached hydrogens (tertiary/aromatic N) is 4. The smallest absolute Gasteiger partial charge is 0.475 e. The maximum absolute atomic E-state index is 11.7. The molecule has 1 saturated heterocycles. The molecule has 3 aromatic rings. The highest BCUT2D eigenvalue weighted by atomic mass is 19.4. The number of alkyl halides is 3. The molecule has 0 spiro atoms. The van der Waals surface area contributed by atoms with E-state index >= 15 is 0 Å². The van der Waals surface area contributed by atoms with Gasteiger partial charge in [-0.1, -0.05) is 18.2 Å². The molecular weight excluding hydrogens is 463 g/mol. The molecule has 0 aliphatic carbocycles. The van der Waals surface area contributed by atoms with E-state index in [1.54, 1.807) is 12.3 Å². The Kier molecular flexibility index (Phi) is 8.96. The lowest BCUT2D eigenvalue weighted by atomic mass is 10.1. The number of carbonyl (C=O) groups excluding carboxylic acids is 1. The first-order valence-corrected chi connectivity index (χ1v) is 11.0. The van der Waals surface area contributed by atoms with Gasteiger partial charge in [0.05, 0.1) is 25.5 Å². The van der Waals surface area contributed by atoms with E-state index in [1.165, 1.54) is 24.3 Å². The zero-order valence-corrected chi connectivity index (χ0v) is 19.4. The molecule has 4 rings (SSSR count). The van der Waals surface area contributed by atoms with Gasteiger partial charge in [0.1, 0.15) is 5.69 Å². The second-order valence-corrected chi connectivity index (χ2v) is 7.41. The lowest BCUT2D eigenvalue weighted by Crippen LogP contribution is -2.37. The number of amides is 1. The molecule has 1 aliphatic heterocycles. The standard InChI is InChI=1S/C16H20N4O2.C8H6F3NO/c1-3-22-16-15(20-7-9-21-10-8-20)11-14(18-19-16)13-5-4-6-17-12(13)2;9-8(10,11)12-7(13)6-4-2-1-3-5-6/h4-6,11H,3,7-10H2,1-2H3;1-5H,(H,12,13). The topological polar surface area (TPSA) is 89.5 Å². The average Bonchev–Trinajstić information content (AvgIpc) is 2.85. The molecule has 1 amide bonds. The second-order valence-electron chi connectivity index (χ2n) is 7.41. The fourth-order valence-corrected chi connectivity index (χ4v) is 3.32. The van der Waals surface area contributed by atoms with E-state index in [4.69, 9.17) is 9.47 Å². The predicted molar refractivity (Wildman–Crippen MR) is 124 cm³/mol. The third kappa shape index (κ3) is 7.64. The van der Waals surface area contributed by atoms with Crippen LogP contribution in [0.4, 0.5) is 18.9 Å². The largest absolute Gasteiger partial charge is 0.484 e. The van der Waals surface area contributed by atoms with Crippen LogP contribution in [0.15, 0.2) is 54.7 Å². The lowest BCUT2D eigenvalue weighted by Gasteiger charge is -2.29. The van der Waals surface area contributed by atoms with Gasteiger partial charge < -0.3 is 14.4 Å². The van der Waals surface area contributed by atoms with Crippen molar-refractivity contribution in [2.75, 3.05) is 37.8 Å². The van der Waals surface area contributed by atoms with E-state index in [-0.39, 0.29) is 5.56 Å². The molecule has 11 heteroatoms. The first-order valence-electron chi connectivity index (χ1n) is 11.0. The summed E-state index contributed by atoms with van der Waals surface area (Å²) >= 11 is 0. The van der Waals surface area contributed by atoms with Gasteiger partial charge in [0.15, 0.2) is 0 Å². The number of anilines is 1. The minimum absolute atomic E-state index is 0.0141. The summed E-state index contributed by atoms with van der Waals surface area (Å²) in [5, 5.41) is 9.49. The fourth-order valence-electron chi connectivity index (χ4n) is 3.32. The van der Waals surface area contributed by atoms with Crippen LogP contribution in [0.3, 0.4) is 0 Å². The number of carbonyl (C=O) groups is 1. The first-order chi connectivity index (χ1) is 16.8. The molecule has 0 radical (unpaired) electrons. The van der Waals surface area contributed by atoms with Gasteiger partial charge in [-0.05, 0) is 44.2 Å². The van der Waals surface area contributed by atoms with Crippen molar-refractivity contribution in [1.29, 1.82) is 0 Å². The summed E-state index contributed by atoms with van der Waals surface area (Å²) < 4.78 is 46.0. The van der Waals surface area contributed by atoms with Crippen molar-refractivity contribution >= 4 is 11.6 Å². The number of aromatic nitrogens is 3. The molecule has 0 atom stereocenters. The van der Waals surface area contributed by atoms with E-state index in [1.807, 2.05) is 32.0 Å². The molecule has 1 N–H and O–H groups in total. The summed E-state index contributed by atoms with van der Waals surface area (Å²) in [5.74, 6) is -0.567. The minimum atomic E-state index is -4.67. The third-order valence-corrected chi connectivity index (χ3v) is 4.95. The Balaban J connectivity index is 0.000000225. The number of halogens is 3. The van der Waals surface area contributed by atoms with Crippen LogP contribution in [0.5, 0.6) is 5.88 Å².